The molecule has 0 spiro atoms. The molecule has 0 saturated heterocycles. The zero-order chi connectivity index (χ0) is 15.7. The first kappa shape index (κ1) is 14.5. The van der Waals surface area contributed by atoms with Crippen LogP contribution in [0, 0.1) is 0 Å². The summed E-state index contributed by atoms with van der Waals surface area (Å²) < 4.78 is 10.9. The van der Waals surface area contributed by atoms with Gasteiger partial charge in [-0.1, -0.05) is 41.9 Å². The summed E-state index contributed by atoms with van der Waals surface area (Å²) in [4.78, 5) is 4.61. The van der Waals surface area contributed by atoms with Crippen LogP contribution >= 0.6 is 0 Å². The number of amidine groups is 1. The molecule has 1 aliphatic rings. The standard InChI is InChI=1S/C17H17BN2O2/c1-11-17(20-16(19)22-11,13-4-3-5-14(18)10-13)12-6-8-15(21-2)9-7-12/h3-11H,1-2H3,(H2,19,20). The molecule has 0 bridgehead atoms. The van der Waals surface area contributed by atoms with Crippen molar-refractivity contribution in [2.45, 2.75) is 18.6 Å². The second kappa shape index (κ2) is 5.41. The summed E-state index contributed by atoms with van der Waals surface area (Å²) in [6, 6.07) is 15.6. The highest BCUT2D eigenvalue weighted by Gasteiger charge is 2.46. The highest BCUT2D eigenvalue weighted by Crippen LogP contribution is 2.42. The van der Waals surface area contributed by atoms with Gasteiger partial charge in [0.2, 0.25) is 0 Å². The highest BCUT2D eigenvalue weighted by atomic mass is 16.5. The zero-order valence-electron chi connectivity index (χ0n) is 12.6. The van der Waals surface area contributed by atoms with Gasteiger partial charge in [0.15, 0.2) is 5.54 Å². The van der Waals surface area contributed by atoms with E-state index in [1.54, 1.807) is 7.11 Å². The Labute approximate surface area is 131 Å². The normalized spacial score (nSPS) is 23.7. The molecule has 2 unspecified atom stereocenters. The summed E-state index contributed by atoms with van der Waals surface area (Å²) >= 11 is 0. The van der Waals surface area contributed by atoms with Crippen molar-refractivity contribution in [3.8, 4) is 5.75 Å². The van der Waals surface area contributed by atoms with Crippen molar-refractivity contribution in [2.75, 3.05) is 7.11 Å². The van der Waals surface area contributed by atoms with Crippen LogP contribution < -0.4 is 15.9 Å². The molecule has 2 aromatic rings. The van der Waals surface area contributed by atoms with Crippen LogP contribution in [0.3, 0.4) is 0 Å². The molecule has 3 rings (SSSR count). The molecular weight excluding hydrogens is 275 g/mol. The van der Waals surface area contributed by atoms with Crippen LogP contribution in [-0.2, 0) is 10.3 Å². The molecule has 0 aromatic heterocycles. The van der Waals surface area contributed by atoms with Gasteiger partial charge in [0.05, 0.1) is 7.11 Å². The van der Waals surface area contributed by atoms with Crippen molar-refractivity contribution in [1.29, 1.82) is 0 Å². The van der Waals surface area contributed by atoms with Crippen LogP contribution in [0.5, 0.6) is 5.75 Å². The van der Waals surface area contributed by atoms with Crippen LogP contribution in [-0.4, -0.2) is 27.1 Å². The number of aliphatic imine (C=N–C) groups is 1. The molecule has 5 heteroatoms. The van der Waals surface area contributed by atoms with Crippen molar-refractivity contribution in [3.63, 3.8) is 0 Å². The third-order valence-corrected chi connectivity index (χ3v) is 4.03. The lowest BCUT2D eigenvalue weighted by atomic mass is 9.78. The maximum Gasteiger partial charge on any atom is 0.283 e. The lowest BCUT2D eigenvalue weighted by Crippen LogP contribution is -2.35. The van der Waals surface area contributed by atoms with Crippen LogP contribution in [0.1, 0.15) is 18.1 Å². The molecule has 0 saturated carbocycles. The topological polar surface area (TPSA) is 56.8 Å². The van der Waals surface area contributed by atoms with Crippen molar-refractivity contribution in [2.24, 2.45) is 10.7 Å². The minimum absolute atomic E-state index is 0.186. The maximum absolute atomic E-state index is 5.95. The van der Waals surface area contributed by atoms with E-state index in [1.165, 1.54) is 0 Å². The number of nitrogens with zero attached hydrogens (tertiary/aromatic N) is 1. The fourth-order valence-corrected chi connectivity index (χ4v) is 2.94. The van der Waals surface area contributed by atoms with Gasteiger partial charge in [-0.2, -0.15) is 0 Å². The van der Waals surface area contributed by atoms with E-state index < -0.39 is 5.54 Å². The Morgan fingerprint density at radius 3 is 2.45 bits per heavy atom. The fraction of sp³-hybridized carbons (Fsp3) is 0.235. The van der Waals surface area contributed by atoms with E-state index in [0.717, 1.165) is 16.9 Å². The quantitative estimate of drug-likeness (QED) is 0.871. The van der Waals surface area contributed by atoms with Crippen LogP contribution in [0.25, 0.3) is 0 Å². The highest BCUT2D eigenvalue weighted by molar-refractivity contribution is 6.32. The Kier molecular flexibility index (Phi) is 3.57. The number of methoxy groups -OCH3 is 1. The Balaban J connectivity index is 2.19. The molecule has 0 amide bonds. The molecule has 2 aromatic carbocycles. The Morgan fingerprint density at radius 2 is 1.91 bits per heavy atom. The van der Waals surface area contributed by atoms with Crippen LogP contribution in [0.2, 0.25) is 0 Å². The molecule has 4 nitrogen and oxygen atoms in total. The average molecular weight is 292 g/mol. The second-order valence-electron chi connectivity index (χ2n) is 5.33. The lowest BCUT2D eigenvalue weighted by molar-refractivity contribution is 0.174. The van der Waals surface area contributed by atoms with E-state index in [0.29, 0.717) is 5.46 Å². The smallest absolute Gasteiger partial charge is 0.283 e. The van der Waals surface area contributed by atoms with Crippen LogP contribution in [0.15, 0.2) is 53.5 Å². The van der Waals surface area contributed by atoms with Gasteiger partial charge >= 0.3 is 0 Å². The number of hydrogen-bond acceptors (Lipinski definition) is 4. The first-order valence-electron chi connectivity index (χ1n) is 7.09. The molecule has 2 radical (unpaired) electrons. The minimum Gasteiger partial charge on any atom is -0.497 e. The Hall–Kier alpha value is -2.43. The van der Waals surface area contributed by atoms with Crippen molar-refractivity contribution >= 4 is 19.3 Å². The van der Waals surface area contributed by atoms with Crippen molar-refractivity contribution in [3.05, 3.63) is 59.7 Å². The Bertz CT molecular complexity index is 715. The van der Waals surface area contributed by atoms with Gasteiger partial charge in [0.25, 0.3) is 6.02 Å². The molecular formula is C17H17BN2O2. The van der Waals surface area contributed by atoms with Gasteiger partial charge in [-0.05, 0) is 30.2 Å². The summed E-state index contributed by atoms with van der Waals surface area (Å²) in [6.07, 6.45) is -0.234. The predicted molar refractivity (Wildman–Crippen MR) is 87.8 cm³/mol. The second-order valence-corrected chi connectivity index (χ2v) is 5.33. The molecule has 1 aliphatic heterocycles. The largest absolute Gasteiger partial charge is 0.497 e. The van der Waals surface area contributed by atoms with Gasteiger partial charge in [0, 0.05) is 0 Å². The van der Waals surface area contributed by atoms with Gasteiger partial charge in [-0.25, -0.2) is 4.99 Å². The van der Waals surface area contributed by atoms with Crippen molar-refractivity contribution in [1.82, 2.24) is 0 Å². The molecule has 2 atom stereocenters. The van der Waals surface area contributed by atoms with Gasteiger partial charge in [0.1, 0.15) is 19.7 Å². The summed E-state index contributed by atoms with van der Waals surface area (Å²) in [6.45, 7) is 1.96. The predicted octanol–water partition coefficient (Wildman–Crippen LogP) is 1.47. The van der Waals surface area contributed by atoms with Gasteiger partial charge in [-0.3, -0.25) is 0 Å². The van der Waals surface area contributed by atoms with Gasteiger partial charge < -0.3 is 15.2 Å². The van der Waals surface area contributed by atoms with E-state index in [9.17, 15) is 0 Å². The fourth-order valence-electron chi connectivity index (χ4n) is 2.94. The molecule has 110 valence electrons. The number of ether oxygens (including phenoxy) is 2. The third kappa shape index (κ3) is 2.23. The van der Waals surface area contributed by atoms with E-state index in [4.69, 9.17) is 23.1 Å². The summed E-state index contributed by atoms with van der Waals surface area (Å²) in [5.74, 6) is 0.787. The lowest BCUT2D eigenvalue weighted by Gasteiger charge is -2.30. The summed E-state index contributed by atoms with van der Waals surface area (Å²) in [5, 5.41) is 0. The molecule has 0 aliphatic carbocycles. The Morgan fingerprint density at radius 1 is 1.18 bits per heavy atom. The summed E-state index contributed by atoms with van der Waals surface area (Å²) in [5.41, 5.74) is 7.75. The molecule has 22 heavy (non-hydrogen) atoms. The van der Waals surface area contributed by atoms with E-state index in [1.807, 2.05) is 55.5 Å². The van der Waals surface area contributed by atoms with Crippen molar-refractivity contribution < 1.29 is 9.47 Å². The minimum atomic E-state index is -0.703. The monoisotopic (exact) mass is 292 g/mol. The number of benzene rings is 2. The van der Waals surface area contributed by atoms with Gasteiger partial charge in [-0.15, -0.1) is 0 Å². The molecule has 2 N–H and O–H groups in total. The third-order valence-electron chi connectivity index (χ3n) is 4.03. The molecule has 0 fully saturated rings. The first-order chi connectivity index (χ1) is 10.6. The summed E-state index contributed by atoms with van der Waals surface area (Å²) in [7, 11) is 7.59. The first-order valence-corrected chi connectivity index (χ1v) is 7.09. The SMILES string of the molecule is [B]c1cccc(C2(c3ccc(OC)cc3)N=C(N)OC2C)c1. The maximum atomic E-state index is 5.95. The van der Waals surface area contributed by atoms with E-state index >= 15 is 0 Å². The van der Waals surface area contributed by atoms with E-state index in [2.05, 4.69) is 4.99 Å². The number of hydrogen-bond donors (Lipinski definition) is 1. The number of nitrogens with two attached hydrogens (primary N) is 1. The van der Waals surface area contributed by atoms with Crippen LogP contribution in [0.4, 0.5) is 0 Å². The zero-order valence-corrected chi connectivity index (χ0v) is 12.6. The molecule has 1 heterocycles. The number of rotatable bonds is 3. The average Bonchev–Trinajstić information content (AvgIpc) is 2.83. The van der Waals surface area contributed by atoms with E-state index in [-0.39, 0.29) is 12.1 Å².